The molecule has 100 valence electrons. The third-order valence-electron chi connectivity index (χ3n) is 3.58. The fraction of sp³-hybridized carbons (Fsp3) is 0.400. The largest absolute Gasteiger partial charge is 0.374 e. The van der Waals surface area contributed by atoms with E-state index in [0.717, 1.165) is 35.9 Å². The first-order chi connectivity index (χ1) is 9.22. The van der Waals surface area contributed by atoms with Gasteiger partial charge in [-0.1, -0.05) is 11.6 Å². The first-order valence-corrected chi connectivity index (χ1v) is 7.08. The third-order valence-corrected chi connectivity index (χ3v) is 3.82. The highest BCUT2D eigenvalue weighted by molar-refractivity contribution is 6.31. The number of benzene rings is 1. The zero-order valence-electron chi connectivity index (χ0n) is 11.0. The molecule has 1 aromatic carbocycles. The minimum atomic E-state index is 0.337. The normalized spacial score (nSPS) is 18.9. The van der Waals surface area contributed by atoms with Crippen LogP contribution in [0.2, 0.25) is 5.02 Å². The van der Waals surface area contributed by atoms with Crippen LogP contribution in [0.15, 0.2) is 24.3 Å². The highest BCUT2D eigenvalue weighted by Crippen LogP contribution is 2.21. The van der Waals surface area contributed by atoms with Crippen molar-refractivity contribution in [2.75, 3.05) is 18.5 Å². The van der Waals surface area contributed by atoms with E-state index >= 15 is 0 Å². The Morgan fingerprint density at radius 1 is 1.42 bits per heavy atom. The van der Waals surface area contributed by atoms with E-state index in [1.54, 1.807) is 0 Å². The van der Waals surface area contributed by atoms with Crippen LogP contribution in [0.4, 0.5) is 5.82 Å². The summed E-state index contributed by atoms with van der Waals surface area (Å²) in [4.78, 5) is 3.38. The first kappa shape index (κ1) is 12.7. The van der Waals surface area contributed by atoms with Crippen LogP contribution >= 0.6 is 11.6 Å². The molecule has 1 aliphatic rings. The van der Waals surface area contributed by atoms with E-state index in [0.29, 0.717) is 6.10 Å². The Kier molecular flexibility index (Phi) is 3.58. The van der Waals surface area contributed by atoms with Crippen molar-refractivity contribution in [2.24, 2.45) is 0 Å². The molecule has 2 aromatic rings. The van der Waals surface area contributed by atoms with Gasteiger partial charge in [-0.15, -0.1) is 0 Å². The van der Waals surface area contributed by atoms with Gasteiger partial charge < -0.3 is 4.74 Å². The van der Waals surface area contributed by atoms with E-state index < -0.39 is 0 Å². The van der Waals surface area contributed by atoms with Crippen LogP contribution in [-0.2, 0) is 4.74 Å². The van der Waals surface area contributed by atoms with Gasteiger partial charge in [0.15, 0.2) is 0 Å². The molecule has 2 N–H and O–H groups in total. The van der Waals surface area contributed by atoms with Crippen LogP contribution in [0.1, 0.15) is 18.4 Å². The van der Waals surface area contributed by atoms with Gasteiger partial charge in [0.1, 0.15) is 12.1 Å². The fourth-order valence-electron chi connectivity index (χ4n) is 2.56. The van der Waals surface area contributed by atoms with Crippen LogP contribution in [0.5, 0.6) is 0 Å². The van der Waals surface area contributed by atoms with E-state index in [1.165, 1.54) is 17.4 Å². The first-order valence-electron chi connectivity index (χ1n) is 6.70. The fourth-order valence-corrected chi connectivity index (χ4v) is 2.74. The predicted octanol–water partition coefficient (Wildman–Crippen LogP) is 3.21. The number of H-pyrrole nitrogens is 1. The topological polar surface area (TPSA) is 35.4 Å². The molecule has 3 rings (SSSR count). The van der Waals surface area contributed by atoms with Crippen LogP contribution in [-0.4, -0.2) is 19.3 Å². The van der Waals surface area contributed by atoms with Crippen molar-refractivity contribution in [3.63, 3.8) is 0 Å². The molecular formula is C15H18ClN2O+. The quantitative estimate of drug-likeness (QED) is 0.935. The summed E-state index contributed by atoms with van der Waals surface area (Å²) in [5.41, 5.74) is 2.29. The highest BCUT2D eigenvalue weighted by Gasteiger charge is 2.18. The van der Waals surface area contributed by atoms with Gasteiger partial charge in [-0.3, -0.25) is 5.32 Å². The molecule has 1 aromatic heterocycles. The summed E-state index contributed by atoms with van der Waals surface area (Å²) in [6.07, 6.45) is 2.65. The second kappa shape index (κ2) is 5.35. The van der Waals surface area contributed by atoms with Crippen LogP contribution < -0.4 is 10.3 Å². The molecule has 0 radical (unpaired) electrons. The van der Waals surface area contributed by atoms with Crippen LogP contribution in [0.25, 0.3) is 10.9 Å². The highest BCUT2D eigenvalue weighted by atomic mass is 35.5. The third kappa shape index (κ3) is 2.82. The van der Waals surface area contributed by atoms with Crippen molar-refractivity contribution in [1.82, 2.24) is 0 Å². The Morgan fingerprint density at radius 3 is 3.11 bits per heavy atom. The maximum Gasteiger partial charge on any atom is 0.273 e. The van der Waals surface area contributed by atoms with Gasteiger partial charge in [-0.25, -0.2) is 4.98 Å². The number of aromatic nitrogens is 1. The summed E-state index contributed by atoms with van der Waals surface area (Å²) < 4.78 is 5.61. The monoisotopic (exact) mass is 277 g/mol. The van der Waals surface area contributed by atoms with Gasteiger partial charge in [-0.05, 0) is 37.5 Å². The maximum atomic E-state index is 6.04. The molecule has 3 nitrogen and oxygen atoms in total. The van der Waals surface area contributed by atoms with E-state index in [4.69, 9.17) is 16.3 Å². The van der Waals surface area contributed by atoms with E-state index in [9.17, 15) is 0 Å². The van der Waals surface area contributed by atoms with Crippen molar-refractivity contribution in [2.45, 2.75) is 25.9 Å². The number of aromatic amines is 1. The van der Waals surface area contributed by atoms with Gasteiger partial charge in [-0.2, -0.15) is 0 Å². The number of nitrogens with one attached hydrogen (secondary N) is 2. The smallest absolute Gasteiger partial charge is 0.273 e. The Bertz CT molecular complexity index is 594. The molecule has 0 spiro atoms. The number of hydrogen-bond acceptors (Lipinski definition) is 2. The molecule has 0 unspecified atom stereocenters. The van der Waals surface area contributed by atoms with E-state index in [1.807, 2.05) is 18.2 Å². The van der Waals surface area contributed by atoms with E-state index in [2.05, 4.69) is 23.3 Å². The molecule has 1 fully saturated rings. The van der Waals surface area contributed by atoms with Crippen molar-refractivity contribution in [1.29, 1.82) is 0 Å². The number of halogens is 1. The average Bonchev–Trinajstić information content (AvgIpc) is 2.89. The number of pyridine rings is 1. The van der Waals surface area contributed by atoms with Gasteiger partial charge in [0.2, 0.25) is 0 Å². The lowest BCUT2D eigenvalue weighted by Crippen LogP contribution is -2.23. The van der Waals surface area contributed by atoms with Crippen LogP contribution in [0.3, 0.4) is 0 Å². The molecule has 19 heavy (non-hydrogen) atoms. The van der Waals surface area contributed by atoms with Crippen molar-refractivity contribution < 1.29 is 9.72 Å². The van der Waals surface area contributed by atoms with Crippen molar-refractivity contribution in [3.05, 3.63) is 34.9 Å². The molecular weight excluding hydrogens is 260 g/mol. The summed E-state index contributed by atoms with van der Waals surface area (Å²) in [6.45, 7) is 3.85. The standard InChI is InChI=1S/C15H17ClN2O/c1-10-7-15(17-9-12-3-2-6-19-12)18-14-8-11(16)4-5-13(10)14/h4-5,7-8,12H,2-3,6,9H2,1H3,(H,17,18)/p+1/t12-/m0/s1. The number of hydrogen-bond donors (Lipinski definition) is 1. The summed E-state index contributed by atoms with van der Waals surface area (Å²) in [5.74, 6) is 1.02. The molecule has 0 saturated carbocycles. The molecule has 1 saturated heterocycles. The van der Waals surface area contributed by atoms with Gasteiger partial charge in [0.25, 0.3) is 5.82 Å². The summed E-state index contributed by atoms with van der Waals surface area (Å²) in [5, 5.41) is 5.37. The second-order valence-corrected chi connectivity index (χ2v) is 5.51. The second-order valence-electron chi connectivity index (χ2n) is 5.07. The van der Waals surface area contributed by atoms with Gasteiger partial charge >= 0.3 is 0 Å². The Labute approximate surface area is 117 Å². The molecule has 1 aliphatic heterocycles. The number of ether oxygens (including phenoxy) is 1. The lowest BCUT2D eigenvalue weighted by molar-refractivity contribution is -0.327. The van der Waals surface area contributed by atoms with Crippen LogP contribution in [0, 0.1) is 6.92 Å². The molecule has 0 aliphatic carbocycles. The summed E-state index contributed by atoms with van der Waals surface area (Å²) in [6, 6.07) is 8.06. The number of aryl methyl sites for hydroxylation is 1. The predicted molar refractivity (Wildman–Crippen MR) is 77.7 cm³/mol. The number of rotatable bonds is 3. The molecule has 0 bridgehead atoms. The van der Waals surface area contributed by atoms with E-state index in [-0.39, 0.29) is 0 Å². The van der Waals surface area contributed by atoms with Gasteiger partial charge in [0.05, 0.1) is 6.10 Å². The Hall–Kier alpha value is -1.32. The zero-order chi connectivity index (χ0) is 13.2. The minimum Gasteiger partial charge on any atom is -0.374 e. The average molecular weight is 278 g/mol. The van der Waals surface area contributed by atoms with Crippen molar-refractivity contribution >= 4 is 28.3 Å². The SMILES string of the molecule is Cc1cc(NC[C@@H]2CCCO2)[nH+]c2cc(Cl)ccc12. The van der Waals surface area contributed by atoms with Gasteiger partial charge in [0, 0.05) is 29.1 Å². The molecule has 0 amide bonds. The summed E-state index contributed by atoms with van der Waals surface area (Å²) in [7, 11) is 0. The van der Waals surface area contributed by atoms with Crippen molar-refractivity contribution in [3.8, 4) is 0 Å². The molecule has 2 heterocycles. The Balaban J connectivity index is 1.83. The zero-order valence-corrected chi connectivity index (χ0v) is 11.8. The number of anilines is 1. The summed E-state index contributed by atoms with van der Waals surface area (Å²) >= 11 is 6.04. The minimum absolute atomic E-state index is 0.337. The Morgan fingerprint density at radius 2 is 2.32 bits per heavy atom. The lowest BCUT2D eigenvalue weighted by atomic mass is 10.1. The maximum absolute atomic E-state index is 6.04. The molecule has 1 atom stereocenters. The lowest BCUT2D eigenvalue weighted by Gasteiger charge is -2.08. The number of fused-ring (bicyclic) bond motifs is 1. The molecule has 4 heteroatoms.